The van der Waals surface area contributed by atoms with Gasteiger partial charge in [0.15, 0.2) is 0 Å². The third-order valence-corrected chi connectivity index (χ3v) is 3.66. The Bertz CT molecular complexity index is 588. The van der Waals surface area contributed by atoms with Crippen molar-refractivity contribution >= 4 is 21.9 Å². The van der Waals surface area contributed by atoms with E-state index in [0.29, 0.717) is 18.6 Å². The number of halogens is 1. The minimum atomic E-state index is -0.232. The van der Waals surface area contributed by atoms with Crippen LogP contribution in [0.5, 0.6) is 5.75 Å². The van der Waals surface area contributed by atoms with Gasteiger partial charge in [0.25, 0.3) is 0 Å². The number of aryl methyl sites for hydroxylation is 2. The second kappa shape index (κ2) is 7.14. The number of carbonyl (C=O) groups is 1. The fourth-order valence-corrected chi connectivity index (χ4v) is 2.05. The molecule has 0 aliphatic heterocycles. The average molecular weight is 335 g/mol. The summed E-state index contributed by atoms with van der Waals surface area (Å²) in [6.07, 6.45) is 6.78. The first-order valence-corrected chi connectivity index (χ1v) is 7.16. The second-order valence-electron chi connectivity index (χ2n) is 4.44. The van der Waals surface area contributed by atoms with Crippen LogP contribution in [-0.2, 0) is 11.2 Å². The largest absolute Gasteiger partial charge is 0.426 e. The molecule has 20 heavy (non-hydrogen) atoms. The van der Waals surface area contributed by atoms with E-state index in [-0.39, 0.29) is 5.97 Å². The number of esters is 1. The zero-order chi connectivity index (χ0) is 14.4. The first kappa shape index (κ1) is 14.7. The molecule has 0 aliphatic carbocycles. The Morgan fingerprint density at radius 3 is 2.90 bits per heavy atom. The molecule has 0 saturated heterocycles. The van der Waals surface area contributed by atoms with Gasteiger partial charge in [-0.3, -0.25) is 14.8 Å². The molecule has 0 bridgehead atoms. The summed E-state index contributed by atoms with van der Waals surface area (Å²) >= 11 is 3.41. The van der Waals surface area contributed by atoms with Crippen LogP contribution >= 0.6 is 15.9 Å². The van der Waals surface area contributed by atoms with Crippen LogP contribution in [0.25, 0.3) is 0 Å². The van der Waals surface area contributed by atoms with E-state index >= 15 is 0 Å². The van der Waals surface area contributed by atoms with Crippen LogP contribution in [0, 0.1) is 6.92 Å². The summed E-state index contributed by atoms with van der Waals surface area (Å²) in [7, 11) is 0. The molecule has 0 saturated carbocycles. The molecule has 0 unspecified atom stereocenters. The van der Waals surface area contributed by atoms with Gasteiger partial charge in [0.2, 0.25) is 0 Å². The summed E-state index contributed by atoms with van der Waals surface area (Å²) in [4.78, 5) is 19.9. The SMILES string of the molecule is Cc1ccc(OC(=O)CCCc2cnccn2)cc1Br. The van der Waals surface area contributed by atoms with Crippen molar-refractivity contribution in [3.63, 3.8) is 0 Å². The van der Waals surface area contributed by atoms with Crippen molar-refractivity contribution in [1.29, 1.82) is 0 Å². The van der Waals surface area contributed by atoms with Gasteiger partial charge in [-0.15, -0.1) is 0 Å². The molecule has 0 spiro atoms. The minimum absolute atomic E-state index is 0.232. The maximum absolute atomic E-state index is 11.7. The van der Waals surface area contributed by atoms with Crippen LogP contribution < -0.4 is 4.74 Å². The van der Waals surface area contributed by atoms with Crippen molar-refractivity contribution in [3.8, 4) is 5.75 Å². The zero-order valence-electron chi connectivity index (χ0n) is 11.2. The third-order valence-electron chi connectivity index (χ3n) is 2.81. The van der Waals surface area contributed by atoms with Crippen molar-refractivity contribution in [3.05, 3.63) is 52.5 Å². The fraction of sp³-hybridized carbons (Fsp3) is 0.267. The Hall–Kier alpha value is -1.75. The lowest BCUT2D eigenvalue weighted by Gasteiger charge is -2.06. The lowest BCUT2D eigenvalue weighted by Crippen LogP contribution is -2.08. The third kappa shape index (κ3) is 4.42. The highest BCUT2D eigenvalue weighted by Gasteiger charge is 2.06. The fourth-order valence-electron chi connectivity index (χ4n) is 1.69. The van der Waals surface area contributed by atoms with Crippen LogP contribution in [0.4, 0.5) is 0 Å². The number of hydrogen-bond donors (Lipinski definition) is 0. The Morgan fingerprint density at radius 1 is 1.35 bits per heavy atom. The molecule has 1 aromatic heterocycles. The van der Waals surface area contributed by atoms with Crippen LogP contribution in [-0.4, -0.2) is 15.9 Å². The van der Waals surface area contributed by atoms with Gasteiger partial charge in [-0.25, -0.2) is 0 Å². The molecule has 0 aliphatic rings. The number of rotatable bonds is 5. The molecular weight excluding hydrogens is 320 g/mol. The van der Waals surface area contributed by atoms with Gasteiger partial charge in [0, 0.05) is 29.5 Å². The molecule has 1 heterocycles. The molecule has 2 rings (SSSR count). The van der Waals surface area contributed by atoms with Crippen molar-refractivity contribution in [2.24, 2.45) is 0 Å². The van der Waals surface area contributed by atoms with E-state index < -0.39 is 0 Å². The Labute approximate surface area is 126 Å². The summed E-state index contributed by atoms with van der Waals surface area (Å²) in [5.74, 6) is 0.330. The van der Waals surface area contributed by atoms with Crippen molar-refractivity contribution in [2.45, 2.75) is 26.2 Å². The molecule has 0 fully saturated rings. The summed E-state index contributed by atoms with van der Waals surface area (Å²) in [6.45, 7) is 1.98. The molecule has 0 atom stereocenters. The highest BCUT2D eigenvalue weighted by molar-refractivity contribution is 9.10. The van der Waals surface area contributed by atoms with Gasteiger partial charge in [-0.05, 0) is 37.5 Å². The molecule has 2 aromatic rings. The van der Waals surface area contributed by atoms with Gasteiger partial charge in [0.1, 0.15) is 5.75 Å². The van der Waals surface area contributed by atoms with Gasteiger partial charge in [0.05, 0.1) is 5.69 Å². The lowest BCUT2D eigenvalue weighted by molar-refractivity contribution is -0.134. The Kier molecular flexibility index (Phi) is 5.24. The maximum atomic E-state index is 11.7. The van der Waals surface area contributed by atoms with E-state index in [0.717, 1.165) is 22.2 Å². The number of ether oxygens (including phenoxy) is 1. The molecule has 0 N–H and O–H groups in total. The van der Waals surface area contributed by atoms with Gasteiger partial charge in [-0.2, -0.15) is 0 Å². The predicted octanol–water partition coefficient (Wildman–Crippen LogP) is 3.48. The van der Waals surface area contributed by atoms with Gasteiger partial charge >= 0.3 is 5.97 Å². The molecule has 0 amide bonds. The van der Waals surface area contributed by atoms with Crippen LogP contribution in [0.3, 0.4) is 0 Å². The first-order valence-electron chi connectivity index (χ1n) is 6.37. The van der Waals surface area contributed by atoms with E-state index in [1.165, 1.54) is 0 Å². The van der Waals surface area contributed by atoms with Crippen molar-refractivity contribution < 1.29 is 9.53 Å². The minimum Gasteiger partial charge on any atom is -0.426 e. The van der Waals surface area contributed by atoms with Crippen LogP contribution in [0.15, 0.2) is 41.3 Å². The van der Waals surface area contributed by atoms with E-state index in [1.807, 2.05) is 13.0 Å². The molecule has 4 nitrogen and oxygen atoms in total. The lowest BCUT2D eigenvalue weighted by atomic mass is 10.2. The zero-order valence-corrected chi connectivity index (χ0v) is 12.8. The standard InChI is InChI=1S/C15H15BrN2O2/c1-11-5-6-13(9-14(11)16)20-15(19)4-2-3-12-10-17-7-8-18-12/h5-10H,2-4H2,1H3. The number of carbonyl (C=O) groups excluding carboxylic acids is 1. The van der Waals surface area contributed by atoms with Crippen LogP contribution in [0.2, 0.25) is 0 Å². The molecular formula is C15H15BrN2O2. The topological polar surface area (TPSA) is 52.1 Å². The van der Waals surface area contributed by atoms with E-state index in [4.69, 9.17) is 4.74 Å². The number of benzene rings is 1. The maximum Gasteiger partial charge on any atom is 0.311 e. The van der Waals surface area contributed by atoms with Crippen molar-refractivity contribution in [1.82, 2.24) is 9.97 Å². The number of aromatic nitrogens is 2. The smallest absolute Gasteiger partial charge is 0.311 e. The van der Waals surface area contributed by atoms with E-state index in [1.54, 1.807) is 30.7 Å². The monoisotopic (exact) mass is 334 g/mol. The summed E-state index contributed by atoms with van der Waals surface area (Å²) in [5.41, 5.74) is 1.99. The average Bonchev–Trinajstić information content (AvgIpc) is 2.44. The van der Waals surface area contributed by atoms with Gasteiger partial charge < -0.3 is 4.74 Å². The summed E-state index contributed by atoms with van der Waals surface area (Å²) in [5, 5.41) is 0. The van der Waals surface area contributed by atoms with Crippen molar-refractivity contribution in [2.75, 3.05) is 0 Å². The highest BCUT2D eigenvalue weighted by Crippen LogP contribution is 2.22. The molecule has 5 heteroatoms. The van der Waals surface area contributed by atoms with Gasteiger partial charge in [-0.1, -0.05) is 22.0 Å². The van der Waals surface area contributed by atoms with E-state index in [2.05, 4.69) is 25.9 Å². The second-order valence-corrected chi connectivity index (χ2v) is 5.29. The van der Waals surface area contributed by atoms with E-state index in [9.17, 15) is 4.79 Å². The summed E-state index contributed by atoms with van der Waals surface area (Å²) < 4.78 is 6.22. The molecule has 1 aromatic carbocycles. The first-order chi connectivity index (χ1) is 9.65. The quantitative estimate of drug-likeness (QED) is 0.620. The number of nitrogens with zero attached hydrogens (tertiary/aromatic N) is 2. The Morgan fingerprint density at radius 2 is 2.20 bits per heavy atom. The Balaban J connectivity index is 1.79. The predicted molar refractivity (Wildman–Crippen MR) is 79.5 cm³/mol. The number of hydrogen-bond acceptors (Lipinski definition) is 4. The van der Waals surface area contributed by atoms with Crippen LogP contribution in [0.1, 0.15) is 24.1 Å². The summed E-state index contributed by atoms with van der Waals surface area (Å²) in [6, 6.07) is 5.50. The molecule has 104 valence electrons. The normalized spacial score (nSPS) is 10.3. The highest BCUT2D eigenvalue weighted by atomic mass is 79.9. The molecule has 0 radical (unpaired) electrons.